The number of rotatable bonds is 2. The summed E-state index contributed by atoms with van der Waals surface area (Å²) in [7, 11) is 1.96. The van der Waals surface area contributed by atoms with Gasteiger partial charge in [0.15, 0.2) is 0 Å². The van der Waals surface area contributed by atoms with Gasteiger partial charge in [0.05, 0.1) is 23.9 Å². The molecule has 126 valence electrons. The minimum atomic E-state index is -0.0189. The highest BCUT2D eigenvalue weighted by Gasteiger charge is 2.26. The molecule has 1 aliphatic rings. The monoisotopic (exact) mass is 352 g/mol. The number of amides is 1. The molecule has 6 heteroatoms. The zero-order valence-corrected chi connectivity index (χ0v) is 14.8. The summed E-state index contributed by atoms with van der Waals surface area (Å²) in [5.41, 5.74) is 5.34. The van der Waals surface area contributed by atoms with Crippen LogP contribution in [0.1, 0.15) is 21.6 Å². The van der Waals surface area contributed by atoms with E-state index in [2.05, 4.69) is 9.97 Å². The number of pyridine rings is 1. The second-order valence-electron chi connectivity index (χ2n) is 6.23. The number of carbonyl (C=O) groups excluding carboxylic acids is 1. The summed E-state index contributed by atoms with van der Waals surface area (Å²) in [6, 6.07) is 7.40. The van der Waals surface area contributed by atoms with Crippen LogP contribution in [-0.2, 0) is 13.5 Å². The highest BCUT2D eigenvalue weighted by Crippen LogP contribution is 2.29. The van der Waals surface area contributed by atoms with Crippen LogP contribution in [-0.4, -0.2) is 27.0 Å². The number of aryl methyl sites for hydroxylation is 1. The standard InChI is InChI=1S/C19H17ClN4O/c1-12-18(22-11-23(12)2)14-8-16(10-21-9-14)24-6-5-13-7-15(20)3-4-17(13)19(24)25/h3-4,7-11H,5-6H2,1-2H3. The smallest absolute Gasteiger partial charge is 0.258 e. The highest BCUT2D eigenvalue weighted by atomic mass is 35.5. The molecule has 25 heavy (non-hydrogen) atoms. The molecule has 0 spiro atoms. The lowest BCUT2D eigenvalue weighted by atomic mass is 9.98. The summed E-state index contributed by atoms with van der Waals surface area (Å²) in [6.45, 7) is 2.62. The van der Waals surface area contributed by atoms with Crippen molar-refractivity contribution in [2.45, 2.75) is 13.3 Å². The SMILES string of the molecule is Cc1c(-c2cncc(N3CCc4cc(Cl)ccc4C3=O)c2)ncn1C. The fourth-order valence-electron chi connectivity index (χ4n) is 3.18. The van der Waals surface area contributed by atoms with E-state index in [0.717, 1.165) is 34.6 Å². The van der Waals surface area contributed by atoms with E-state index in [4.69, 9.17) is 11.6 Å². The molecule has 0 N–H and O–H groups in total. The third-order valence-electron chi connectivity index (χ3n) is 4.69. The van der Waals surface area contributed by atoms with Crippen molar-refractivity contribution in [3.05, 3.63) is 64.8 Å². The van der Waals surface area contributed by atoms with E-state index < -0.39 is 0 Å². The Morgan fingerprint density at radius 1 is 1.20 bits per heavy atom. The highest BCUT2D eigenvalue weighted by molar-refractivity contribution is 6.30. The topological polar surface area (TPSA) is 51.0 Å². The summed E-state index contributed by atoms with van der Waals surface area (Å²) in [4.78, 5) is 23.4. The van der Waals surface area contributed by atoms with Gasteiger partial charge in [-0.2, -0.15) is 0 Å². The minimum Gasteiger partial charge on any atom is -0.337 e. The Hall–Kier alpha value is -2.66. The van der Waals surface area contributed by atoms with E-state index in [0.29, 0.717) is 17.1 Å². The van der Waals surface area contributed by atoms with E-state index >= 15 is 0 Å². The maximum absolute atomic E-state index is 12.9. The fourth-order valence-corrected chi connectivity index (χ4v) is 3.38. The molecule has 0 saturated heterocycles. The van der Waals surface area contributed by atoms with E-state index in [9.17, 15) is 4.79 Å². The number of hydrogen-bond acceptors (Lipinski definition) is 3. The summed E-state index contributed by atoms with van der Waals surface area (Å²) < 4.78 is 1.97. The van der Waals surface area contributed by atoms with E-state index in [1.165, 1.54) is 0 Å². The van der Waals surface area contributed by atoms with Crippen molar-refractivity contribution in [1.82, 2.24) is 14.5 Å². The van der Waals surface area contributed by atoms with E-state index in [1.807, 2.05) is 30.7 Å². The number of aromatic nitrogens is 3. The summed E-state index contributed by atoms with van der Waals surface area (Å²) >= 11 is 6.04. The first-order chi connectivity index (χ1) is 12.0. The van der Waals surface area contributed by atoms with Gasteiger partial charge in [0, 0.05) is 41.6 Å². The average Bonchev–Trinajstić information content (AvgIpc) is 2.94. The fraction of sp³-hybridized carbons (Fsp3) is 0.211. The number of halogens is 1. The molecule has 0 fully saturated rings. The van der Waals surface area contributed by atoms with Crippen molar-refractivity contribution < 1.29 is 4.79 Å². The van der Waals surface area contributed by atoms with Crippen molar-refractivity contribution in [3.8, 4) is 11.3 Å². The van der Waals surface area contributed by atoms with Gasteiger partial charge in [-0.15, -0.1) is 0 Å². The molecule has 1 aliphatic heterocycles. The predicted octanol–water partition coefficient (Wildman–Crippen LogP) is 3.65. The second-order valence-corrected chi connectivity index (χ2v) is 6.67. The molecule has 0 unspecified atom stereocenters. The number of hydrogen-bond donors (Lipinski definition) is 0. The zero-order chi connectivity index (χ0) is 17.6. The molecule has 3 heterocycles. The number of benzene rings is 1. The lowest BCUT2D eigenvalue weighted by molar-refractivity contribution is 0.0980. The first-order valence-electron chi connectivity index (χ1n) is 8.08. The Balaban J connectivity index is 1.71. The average molecular weight is 353 g/mol. The van der Waals surface area contributed by atoms with Gasteiger partial charge in [-0.3, -0.25) is 9.78 Å². The Morgan fingerprint density at radius 2 is 2.04 bits per heavy atom. The quantitative estimate of drug-likeness (QED) is 0.707. The molecule has 4 rings (SSSR count). The van der Waals surface area contributed by atoms with Crippen LogP contribution in [0.5, 0.6) is 0 Å². The molecular formula is C19H17ClN4O. The second kappa shape index (κ2) is 6.01. The van der Waals surface area contributed by atoms with Crippen LogP contribution in [0.4, 0.5) is 5.69 Å². The first kappa shape index (κ1) is 15.8. The molecule has 0 bridgehead atoms. The Labute approximate surface area is 150 Å². The molecule has 0 radical (unpaired) electrons. The lowest BCUT2D eigenvalue weighted by Crippen LogP contribution is -2.37. The van der Waals surface area contributed by atoms with Gasteiger partial charge in [-0.05, 0) is 43.2 Å². The van der Waals surface area contributed by atoms with Gasteiger partial charge < -0.3 is 9.47 Å². The normalized spacial score (nSPS) is 13.9. The molecule has 1 amide bonds. The Kier molecular flexibility index (Phi) is 3.81. The van der Waals surface area contributed by atoms with Gasteiger partial charge in [-0.25, -0.2) is 4.98 Å². The van der Waals surface area contributed by atoms with Crippen LogP contribution in [0.3, 0.4) is 0 Å². The van der Waals surface area contributed by atoms with Crippen molar-refractivity contribution in [1.29, 1.82) is 0 Å². The number of carbonyl (C=O) groups is 1. The molecule has 5 nitrogen and oxygen atoms in total. The van der Waals surface area contributed by atoms with Crippen LogP contribution < -0.4 is 4.90 Å². The van der Waals surface area contributed by atoms with Crippen molar-refractivity contribution in [3.63, 3.8) is 0 Å². The largest absolute Gasteiger partial charge is 0.337 e. The third kappa shape index (κ3) is 2.70. The van der Waals surface area contributed by atoms with Crippen LogP contribution in [0.15, 0.2) is 43.0 Å². The molecule has 0 saturated carbocycles. The maximum Gasteiger partial charge on any atom is 0.258 e. The maximum atomic E-state index is 12.9. The van der Waals surface area contributed by atoms with E-state index in [-0.39, 0.29) is 5.91 Å². The number of imidazole rings is 1. The molecule has 2 aromatic heterocycles. The lowest BCUT2D eigenvalue weighted by Gasteiger charge is -2.28. The van der Waals surface area contributed by atoms with Crippen molar-refractivity contribution in [2.75, 3.05) is 11.4 Å². The Morgan fingerprint density at radius 3 is 2.80 bits per heavy atom. The molecule has 3 aromatic rings. The first-order valence-corrected chi connectivity index (χ1v) is 8.46. The summed E-state index contributed by atoms with van der Waals surface area (Å²) in [5, 5.41) is 0.661. The van der Waals surface area contributed by atoms with Gasteiger partial charge in [0.2, 0.25) is 0 Å². The molecule has 0 aliphatic carbocycles. The summed E-state index contributed by atoms with van der Waals surface area (Å²) in [5.74, 6) is -0.0189. The molecule has 0 atom stereocenters. The van der Waals surface area contributed by atoms with Crippen LogP contribution in [0, 0.1) is 6.92 Å². The number of fused-ring (bicyclic) bond motifs is 1. The molecular weight excluding hydrogens is 336 g/mol. The zero-order valence-electron chi connectivity index (χ0n) is 14.0. The van der Waals surface area contributed by atoms with Gasteiger partial charge in [0.1, 0.15) is 0 Å². The van der Waals surface area contributed by atoms with Crippen molar-refractivity contribution >= 4 is 23.2 Å². The Bertz CT molecular complexity index is 979. The van der Waals surface area contributed by atoms with Gasteiger partial charge in [0.25, 0.3) is 5.91 Å². The van der Waals surface area contributed by atoms with E-state index in [1.54, 1.807) is 35.8 Å². The van der Waals surface area contributed by atoms with Crippen LogP contribution in [0.2, 0.25) is 5.02 Å². The van der Waals surface area contributed by atoms with Crippen molar-refractivity contribution in [2.24, 2.45) is 7.05 Å². The van der Waals surface area contributed by atoms with Gasteiger partial charge >= 0.3 is 0 Å². The molecule has 1 aromatic carbocycles. The number of nitrogens with zero attached hydrogens (tertiary/aromatic N) is 4. The minimum absolute atomic E-state index is 0.0189. The third-order valence-corrected chi connectivity index (χ3v) is 4.92. The van der Waals surface area contributed by atoms with Crippen LogP contribution in [0.25, 0.3) is 11.3 Å². The van der Waals surface area contributed by atoms with Crippen LogP contribution >= 0.6 is 11.6 Å². The summed E-state index contributed by atoms with van der Waals surface area (Å²) in [6.07, 6.45) is 6.05. The number of anilines is 1. The van der Waals surface area contributed by atoms with Gasteiger partial charge in [-0.1, -0.05) is 11.6 Å². The predicted molar refractivity (Wildman–Crippen MR) is 98.0 cm³/mol.